The van der Waals surface area contributed by atoms with Crippen LogP contribution in [-0.4, -0.2) is 53.7 Å². The molecule has 2 aliphatic heterocycles. The van der Waals surface area contributed by atoms with Crippen LogP contribution < -0.4 is 26.6 Å². The van der Waals surface area contributed by atoms with Crippen LogP contribution in [0.3, 0.4) is 0 Å². The smallest absolute Gasteiger partial charge is 0.235 e. The Morgan fingerprint density at radius 3 is 2.79 bits per heavy atom. The Hall–Kier alpha value is -2.40. The van der Waals surface area contributed by atoms with Gasteiger partial charge in [0.15, 0.2) is 0 Å². The van der Waals surface area contributed by atoms with Crippen LogP contribution in [0.15, 0.2) is 48.5 Å². The van der Waals surface area contributed by atoms with Crippen LogP contribution >= 0.6 is 11.3 Å². The molecule has 1 aromatic heterocycles. The van der Waals surface area contributed by atoms with Crippen LogP contribution in [0.4, 0.5) is 0 Å². The number of hydrogen-bond donors (Lipinski definition) is 6. The third-order valence-electron chi connectivity index (χ3n) is 7.09. The van der Waals surface area contributed by atoms with Gasteiger partial charge in [-0.1, -0.05) is 36.4 Å². The molecule has 0 radical (unpaired) electrons. The van der Waals surface area contributed by atoms with Gasteiger partial charge in [-0.25, -0.2) is 4.98 Å². The normalized spacial score (nSPS) is 31.4. The molecule has 0 bridgehead atoms. The minimum atomic E-state index is -0.535. The summed E-state index contributed by atoms with van der Waals surface area (Å²) in [4.78, 5) is 18.3. The van der Waals surface area contributed by atoms with Crippen LogP contribution in [0.2, 0.25) is 0 Å². The molecule has 3 aliphatic rings. The first-order valence-corrected chi connectivity index (χ1v) is 12.9. The summed E-state index contributed by atoms with van der Waals surface area (Å²) in [7, 11) is 0. The molecule has 0 spiro atoms. The lowest BCUT2D eigenvalue weighted by atomic mass is 10.00. The van der Waals surface area contributed by atoms with Crippen molar-refractivity contribution in [1.82, 2.24) is 31.6 Å². The molecular formula is C25H30N6O2S. The molecule has 3 aromatic rings. The first-order valence-electron chi connectivity index (χ1n) is 12.1. The van der Waals surface area contributed by atoms with E-state index in [4.69, 9.17) is 4.98 Å². The van der Waals surface area contributed by atoms with Gasteiger partial charge in [-0.3, -0.25) is 20.7 Å². The summed E-state index contributed by atoms with van der Waals surface area (Å²) in [5.74, 6) is -0.518. The second-order valence-corrected chi connectivity index (χ2v) is 10.5. The van der Waals surface area contributed by atoms with Crippen molar-refractivity contribution in [2.45, 2.75) is 55.8 Å². The summed E-state index contributed by atoms with van der Waals surface area (Å²) in [6, 6.07) is 16.1. The monoisotopic (exact) mass is 478 g/mol. The highest BCUT2D eigenvalue weighted by molar-refractivity contribution is 7.18. The highest BCUT2D eigenvalue weighted by atomic mass is 32.1. The first kappa shape index (κ1) is 22.1. The van der Waals surface area contributed by atoms with Crippen molar-refractivity contribution in [3.63, 3.8) is 0 Å². The molecule has 0 saturated carbocycles. The maximum Gasteiger partial charge on any atom is 0.235 e. The van der Waals surface area contributed by atoms with E-state index < -0.39 is 18.3 Å². The van der Waals surface area contributed by atoms with Gasteiger partial charge < -0.3 is 15.7 Å². The molecule has 2 saturated heterocycles. The van der Waals surface area contributed by atoms with Crippen molar-refractivity contribution in [3.8, 4) is 0 Å². The number of carbonyl (C=O) groups excluding carboxylic acids is 1. The summed E-state index contributed by atoms with van der Waals surface area (Å²) >= 11 is 1.57. The van der Waals surface area contributed by atoms with Crippen molar-refractivity contribution in [1.29, 1.82) is 0 Å². The first-order chi connectivity index (χ1) is 16.7. The Balaban J connectivity index is 1.26. The standard InChI is InChI=1S/C25H30N6O2S/c32-18-12-14-6-1-2-8-16(14)21(18)29-25-30-22(27-15-7-5-11-26-13-15)20(23(33)31-25)24-28-17-9-3-4-10-19(17)34-24/h1-4,6,8-10,15,18,20-22,25-27,29-30,32H,5,7,11-13H2,(H,31,33)/t15-,18+,20?,21+,22?,25?/m1/s1. The zero-order chi connectivity index (χ0) is 23.1. The van der Waals surface area contributed by atoms with Gasteiger partial charge in [0.1, 0.15) is 17.2 Å². The van der Waals surface area contributed by atoms with Gasteiger partial charge in [0.05, 0.1) is 28.5 Å². The maximum atomic E-state index is 13.5. The number of nitrogens with zero attached hydrogens (tertiary/aromatic N) is 1. The van der Waals surface area contributed by atoms with E-state index in [0.29, 0.717) is 6.42 Å². The Morgan fingerprint density at radius 2 is 1.94 bits per heavy atom. The Morgan fingerprint density at radius 1 is 1.09 bits per heavy atom. The quantitative estimate of drug-likeness (QED) is 0.328. The molecule has 2 fully saturated rings. The zero-order valence-electron chi connectivity index (χ0n) is 18.8. The number of rotatable bonds is 5. The number of carbonyl (C=O) groups is 1. The number of fused-ring (bicyclic) bond motifs is 2. The molecule has 6 atom stereocenters. The van der Waals surface area contributed by atoms with E-state index >= 15 is 0 Å². The van der Waals surface area contributed by atoms with Crippen LogP contribution in [0.25, 0.3) is 10.2 Å². The summed E-state index contributed by atoms with van der Waals surface area (Å²) in [6.07, 6.45) is 1.48. The van der Waals surface area contributed by atoms with E-state index in [1.165, 1.54) is 0 Å². The van der Waals surface area contributed by atoms with Gasteiger partial charge >= 0.3 is 0 Å². The number of aliphatic hydroxyl groups excluding tert-OH is 1. The number of hydrogen-bond acceptors (Lipinski definition) is 8. The molecule has 1 amide bonds. The van der Waals surface area contributed by atoms with Gasteiger partial charge in [0, 0.05) is 19.0 Å². The van der Waals surface area contributed by atoms with E-state index in [0.717, 1.165) is 52.3 Å². The molecular weight excluding hydrogens is 448 g/mol. The lowest BCUT2D eigenvalue weighted by molar-refractivity contribution is -0.127. The number of amides is 1. The Labute approximate surface area is 202 Å². The van der Waals surface area contributed by atoms with Gasteiger partial charge in [0.25, 0.3) is 0 Å². The molecule has 1 aliphatic carbocycles. The fourth-order valence-corrected chi connectivity index (χ4v) is 6.52. The van der Waals surface area contributed by atoms with Crippen LogP contribution in [0, 0.1) is 0 Å². The lowest BCUT2D eigenvalue weighted by Crippen LogP contribution is -2.71. The Bertz CT molecular complexity index is 1150. The highest BCUT2D eigenvalue weighted by Crippen LogP contribution is 2.33. The van der Waals surface area contributed by atoms with Crippen molar-refractivity contribution in [2.75, 3.05) is 13.1 Å². The predicted molar refractivity (Wildman–Crippen MR) is 132 cm³/mol. The minimum Gasteiger partial charge on any atom is -0.391 e. The lowest BCUT2D eigenvalue weighted by Gasteiger charge is -2.41. The number of aliphatic hydroxyl groups is 1. The van der Waals surface area contributed by atoms with Crippen molar-refractivity contribution >= 4 is 27.5 Å². The fraction of sp³-hybridized carbons (Fsp3) is 0.440. The van der Waals surface area contributed by atoms with Crippen molar-refractivity contribution in [2.24, 2.45) is 0 Å². The molecule has 8 nitrogen and oxygen atoms in total. The minimum absolute atomic E-state index is 0.0719. The maximum absolute atomic E-state index is 13.5. The van der Waals surface area contributed by atoms with Crippen LogP contribution in [0.1, 0.15) is 40.9 Å². The molecule has 6 N–H and O–H groups in total. The predicted octanol–water partition coefficient (Wildman–Crippen LogP) is 1.30. The summed E-state index contributed by atoms with van der Waals surface area (Å²) < 4.78 is 1.08. The van der Waals surface area contributed by atoms with Crippen molar-refractivity contribution in [3.05, 3.63) is 64.7 Å². The van der Waals surface area contributed by atoms with Crippen LogP contribution in [0.5, 0.6) is 0 Å². The molecule has 2 aromatic carbocycles. The van der Waals surface area contributed by atoms with E-state index in [-0.39, 0.29) is 24.2 Å². The second kappa shape index (κ2) is 9.33. The third-order valence-corrected chi connectivity index (χ3v) is 8.21. The average Bonchev–Trinajstić information content (AvgIpc) is 3.40. The van der Waals surface area contributed by atoms with Crippen LogP contribution in [-0.2, 0) is 11.2 Å². The summed E-state index contributed by atoms with van der Waals surface area (Å²) in [5.41, 5.74) is 3.14. The van der Waals surface area contributed by atoms with Crippen molar-refractivity contribution < 1.29 is 9.90 Å². The molecule has 9 heteroatoms. The van der Waals surface area contributed by atoms with Gasteiger partial charge in [0.2, 0.25) is 5.91 Å². The topological polar surface area (TPSA) is 110 Å². The summed E-state index contributed by atoms with van der Waals surface area (Å²) in [5, 5.41) is 28.8. The molecule has 3 unspecified atom stereocenters. The van der Waals surface area contributed by atoms with E-state index in [2.05, 4.69) is 32.7 Å². The van der Waals surface area contributed by atoms with E-state index in [9.17, 15) is 9.90 Å². The Kier molecular flexibility index (Phi) is 6.06. The molecule has 34 heavy (non-hydrogen) atoms. The van der Waals surface area contributed by atoms with Gasteiger partial charge in [-0.15, -0.1) is 11.3 Å². The zero-order valence-corrected chi connectivity index (χ0v) is 19.6. The summed E-state index contributed by atoms with van der Waals surface area (Å²) in [6.45, 7) is 1.90. The highest BCUT2D eigenvalue weighted by Gasteiger charge is 2.42. The molecule has 3 heterocycles. The largest absolute Gasteiger partial charge is 0.391 e. The molecule has 6 rings (SSSR count). The van der Waals surface area contributed by atoms with E-state index in [1.54, 1.807) is 11.3 Å². The van der Waals surface area contributed by atoms with Gasteiger partial charge in [-0.05, 0) is 42.6 Å². The number of aromatic nitrogens is 1. The van der Waals surface area contributed by atoms with Gasteiger partial charge in [-0.2, -0.15) is 0 Å². The second-order valence-electron chi connectivity index (χ2n) is 9.41. The SMILES string of the molecule is O=C1NC(N[C@H]2c3ccccc3C[C@@H]2O)NC(N[C@@H]2CCCNC2)C1c1nc2ccccc2s1. The number of piperidine rings is 1. The third kappa shape index (κ3) is 4.24. The number of benzene rings is 2. The average molecular weight is 479 g/mol. The fourth-order valence-electron chi connectivity index (χ4n) is 5.42. The number of thiazole rings is 1. The van der Waals surface area contributed by atoms with E-state index in [1.807, 2.05) is 42.5 Å². The number of para-hydroxylation sites is 1. The molecule has 178 valence electrons. The number of nitrogens with one attached hydrogen (secondary N) is 5.